The third kappa shape index (κ3) is 3.40. The third-order valence-electron chi connectivity index (χ3n) is 6.17. The number of benzene rings is 1. The van der Waals surface area contributed by atoms with Crippen molar-refractivity contribution >= 4 is 0 Å². The highest BCUT2D eigenvalue weighted by molar-refractivity contribution is 5.25. The fraction of sp³-hybridized carbons (Fsp3) is 0.714. The van der Waals surface area contributed by atoms with E-state index in [1.807, 2.05) is 0 Å². The Hall–Kier alpha value is -0.820. The molecule has 1 heterocycles. The van der Waals surface area contributed by atoms with Crippen LogP contribution in [0.25, 0.3) is 0 Å². The van der Waals surface area contributed by atoms with Gasteiger partial charge in [0.2, 0.25) is 0 Å². The van der Waals surface area contributed by atoms with E-state index in [1.54, 1.807) is 5.56 Å². The van der Waals surface area contributed by atoms with Crippen molar-refractivity contribution in [1.29, 1.82) is 0 Å². The lowest BCUT2D eigenvalue weighted by atomic mass is 9.70. The smallest absolute Gasteiger partial charge is 0.0460 e. The molecule has 0 unspecified atom stereocenters. The molecule has 0 amide bonds. The molecule has 1 aliphatic heterocycles. The lowest BCUT2D eigenvalue weighted by Crippen LogP contribution is -2.50. The summed E-state index contributed by atoms with van der Waals surface area (Å²) in [6.07, 6.45) is 14.1. The van der Waals surface area contributed by atoms with Gasteiger partial charge in [-0.15, -0.1) is 0 Å². The maximum absolute atomic E-state index is 2.85. The molecule has 0 spiro atoms. The van der Waals surface area contributed by atoms with Crippen LogP contribution in [0.4, 0.5) is 0 Å². The number of rotatable bonds is 5. The molecule has 1 aliphatic carbocycles. The molecule has 1 nitrogen and oxygen atoms in total. The van der Waals surface area contributed by atoms with Crippen molar-refractivity contribution in [3.8, 4) is 0 Å². The zero-order valence-electron chi connectivity index (χ0n) is 14.4. The van der Waals surface area contributed by atoms with Gasteiger partial charge in [0.15, 0.2) is 0 Å². The summed E-state index contributed by atoms with van der Waals surface area (Å²) in [5.74, 6) is 0.988. The summed E-state index contributed by atoms with van der Waals surface area (Å²) < 4.78 is 0. The lowest BCUT2D eigenvalue weighted by molar-refractivity contribution is 0.0161. The Morgan fingerprint density at radius 1 is 1.00 bits per heavy atom. The summed E-state index contributed by atoms with van der Waals surface area (Å²) in [6.45, 7) is 4.95. The summed E-state index contributed by atoms with van der Waals surface area (Å²) >= 11 is 0. The molecule has 1 saturated heterocycles. The van der Waals surface area contributed by atoms with Gasteiger partial charge in [0.1, 0.15) is 0 Å². The predicted molar refractivity (Wildman–Crippen MR) is 95.0 cm³/mol. The first-order valence-electron chi connectivity index (χ1n) is 9.66. The summed E-state index contributed by atoms with van der Waals surface area (Å²) in [5.41, 5.74) is 1.94. The van der Waals surface area contributed by atoms with E-state index in [-0.39, 0.29) is 0 Å². The van der Waals surface area contributed by atoms with Crippen LogP contribution in [0.3, 0.4) is 0 Å². The first kappa shape index (κ1) is 16.1. The third-order valence-corrected chi connectivity index (χ3v) is 6.17. The molecule has 0 aromatic heterocycles. The summed E-state index contributed by atoms with van der Waals surface area (Å²) in [4.78, 5) is 2.85. The van der Waals surface area contributed by atoms with Gasteiger partial charge in [0.05, 0.1) is 0 Å². The summed E-state index contributed by atoms with van der Waals surface area (Å²) in [7, 11) is 0. The van der Waals surface area contributed by atoms with Crippen molar-refractivity contribution in [3.05, 3.63) is 35.9 Å². The van der Waals surface area contributed by atoms with Crippen LogP contribution in [0, 0.1) is 5.92 Å². The van der Waals surface area contributed by atoms with Crippen LogP contribution in [-0.4, -0.2) is 18.0 Å². The number of hydrogen-bond donors (Lipinski definition) is 0. The van der Waals surface area contributed by atoms with Crippen LogP contribution in [0.15, 0.2) is 30.3 Å². The number of likely N-dealkylation sites (tertiary alicyclic amines) is 1. The van der Waals surface area contributed by atoms with E-state index >= 15 is 0 Å². The van der Waals surface area contributed by atoms with Crippen molar-refractivity contribution in [2.45, 2.75) is 76.7 Å². The quantitative estimate of drug-likeness (QED) is 0.669. The number of hydrogen-bond acceptors (Lipinski definition) is 1. The Labute approximate surface area is 137 Å². The van der Waals surface area contributed by atoms with E-state index < -0.39 is 0 Å². The predicted octanol–water partition coefficient (Wildman–Crippen LogP) is 5.75. The number of piperidine rings is 1. The first-order valence-corrected chi connectivity index (χ1v) is 9.66. The standard InChI is InChI=1S/C21H33N/c1-2-3-10-19-13-15-21(16-14-19,20-11-6-4-7-12-20)22-17-8-5-9-18-22/h4,6-7,11-12,19H,2-3,5,8-10,13-18H2,1H3. The molecular formula is C21H33N. The highest BCUT2D eigenvalue weighted by Gasteiger charge is 2.41. The Morgan fingerprint density at radius 3 is 2.32 bits per heavy atom. The second-order valence-electron chi connectivity index (χ2n) is 7.53. The topological polar surface area (TPSA) is 3.24 Å². The van der Waals surface area contributed by atoms with Crippen LogP contribution < -0.4 is 0 Å². The molecule has 0 N–H and O–H groups in total. The normalized spacial score (nSPS) is 30.3. The van der Waals surface area contributed by atoms with Crippen molar-refractivity contribution in [2.75, 3.05) is 13.1 Å². The minimum Gasteiger partial charge on any atom is -0.294 e. The monoisotopic (exact) mass is 299 g/mol. The van der Waals surface area contributed by atoms with E-state index in [1.165, 1.54) is 77.3 Å². The van der Waals surface area contributed by atoms with Gasteiger partial charge in [-0.3, -0.25) is 4.90 Å². The highest BCUT2D eigenvalue weighted by Crippen LogP contribution is 2.46. The molecule has 0 atom stereocenters. The van der Waals surface area contributed by atoms with E-state index in [4.69, 9.17) is 0 Å². The second-order valence-corrected chi connectivity index (χ2v) is 7.53. The molecule has 22 heavy (non-hydrogen) atoms. The van der Waals surface area contributed by atoms with Gasteiger partial charge in [0, 0.05) is 5.54 Å². The van der Waals surface area contributed by atoms with Gasteiger partial charge >= 0.3 is 0 Å². The molecule has 1 saturated carbocycles. The van der Waals surface area contributed by atoms with Gasteiger partial charge in [-0.1, -0.05) is 62.9 Å². The molecular weight excluding hydrogens is 266 g/mol. The van der Waals surface area contributed by atoms with Crippen LogP contribution in [0.2, 0.25) is 0 Å². The van der Waals surface area contributed by atoms with Crippen LogP contribution >= 0.6 is 0 Å². The van der Waals surface area contributed by atoms with Gasteiger partial charge < -0.3 is 0 Å². The Bertz CT molecular complexity index is 424. The average Bonchev–Trinajstić information content (AvgIpc) is 2.62. The van der Waals surface area contributed by atoms with Gasteiger partial charge in [-0.25, -0.2) is 0 Å². The second kappa shape index (κ2) is 7.64. The molecule has 1 aromatic rings. The Kier molecular flexibility index (Phi) is 5.57. The Morgan fingerprint density at radius 2 is 1.68 bits per heavy atom. The molecule has 3 rings (SSSR count). The number of nitrogens with zero attached hydrogens (tertiary/aromatic N) is 1. The highest BCUT2D eigenvalue weighted by atomic mass is 15.2. The maximum atomic E-state index is 2.85. The lowest BCUT2D eigenvalue weighted by Gasteiger charge is -2.50. The minimum absolute atomic E-state index is 0.352. The zero-order chi connectivity index (χ0) is 15.3. The first-order chi connectivity index (χ1) is 10.8. The molecule has 1 aromatic carbocycles. The summed E-state index contributed by atoms with van der Waals surface area (Å²) in [5, 5.41) is 0. The van der Waals surface area contributed by atoms with Gasteiger partial charge in [0.25, 0.3) is 0 Å². The van der Waals surface area contributed by atoms with E-state index in [0.29, 0.717) is 5.54 Å². The largest absolute Gasteiger partial charge is 0.294 e. The zero-order valence-corrected chi connectivity index (χ0v) is 14.4. The SMILES string of the molecule is CCCCC1CCC(c2ccccc2)(N2CCCCC2)CC1. The van der Waals surface area contributed by atoms with Gasteiger partial charge in [-0.2, -0.15) is 0 Å². The molecule has 0 bridgehead atoms. The average molecular weight is 300 g/mol. The molecule has 2 fully saturated rings. The maximum Gasteiger partial charge on any atom is 0.0460 e. The van der Waals surface area contributed by atoms with Crippen molar-refractivity contribution in [1.82, 2.24) is 4.90 Å². The van der Waals surface area contributed by atoms with Crippen molar-refractivity contribution < 1.29 is 0 Å². The fourth-order valence-electron chi connectivity index (χ4n) is 4.79. The van der Waals surface area contributed by atoms with E-state index in [2.05, 4.69) is 42.2 Å². The molecule has 0 radical (unpaired) electrons. The fourth-order valence-corrected chi connectivity index (χ4v) is 4.79. The van der Waals surface area contributed by atoms with Crippen molar-refractivity contribution in [2.24, 2.45) is 5.92 Å². The molecule has 1 heteroatoms. The van der Waals surface area contributed by atoms with Crippen LogP contribution in [0.5, 0.6) is 0 Å². The summed E-state index contributed by atoms with van der Waals surface area (Å²) in [6, 6.07) is 11.4. The van der Waals surface area contributed by atoms with Crippen LogP contribution in [-0.2, 0) is 5.54 Å². The Balaban J connectivity index is 1.76. The van der Waals surface area contributed by atoms with Crippen LogP contribution in [0.1, 0.15) is 76.7 Å². The van der Waals surface area contributed by atoms with E-state index in [0.717, 1.165) is 5.92 Å². The molecule has 122 valence electrons. The number of unbranched alkanes of at least 4 members (excludes halogenated alkanes) is 1. The van der Waals surface area contributed by atoms with E-state index in [9.17, 15) is 0 Å². The van der Waals surface area contributed by atoms with Gasteiger partial charge in [-0.05, 0) is 63.1 Å². The molecule has 2 aliphatic rings. The van der Waals surface area contributed by atoms with Crippen molar-refractivity contribution in [3.63, 3.8) is 0 Å². The minimum atomic E-state index is 0.352.